The van der Waals surface area contributed by atoms with E-state index < -0.39 is 70.6 Å². The first kappa shape index (κ1) is 30.0. The average molecular weight is 651 g/mol. The van der Waals surface area contributed by atoms with Crippen LogP contribution in [0.2, 0.25) is 5.02 Å². The van der Waals surface area contributed by atoms with Crippen molar-refractivity contribution in [2.75, 3.05) is 11.9 Å². The third-order valence-electron chi connectivity index (χ3n) is 9.93. The van der Waals surface area contributed by atoms with Gasteiger partial charge in [0, 0.05) is 23.6 Å². The molecule has 7 rings (SSSR count). The summed E-state index contributed by atoms with van der Waals surface area (Å²) in [4.78, 5) is 58.4. The van der Waals surface area contributed by atoms with Crippen molar-refractivity contribution < 1.29 is 42.2 Å². The molecule has 0 bridgehead atoms. The lowest BCUT2D eigenvalue weighted by molar-refractivity contribution is -0.274. The number of nitrogens with zero attached hydrogens (tertiary/aromatic N) is 2. The highest BCUT2D eigenvalue weighted by Gasteiger charge is 2.70. The smallest absolute Gasteiger partial charge is 0.508 e. The number of phenols is 1. The van der Waals surface area contributed by atoms with Crippen LogP contribution >= 0.6 is 11.6 Å². The highest BCUT2D eigenvalue weighted by molar-refractivity contribution is 6.32. The molecule has 1 N–H and O–H groups in total. The number of imide groups is 2. The Bertz CT molecular complexity index is 1850. The number of allylic oxidation sites excluding steroid dienone is 2. The average Bonchev–Trinajstić information content (AvgIpc) is 3.38. The van der Waals surface area contributed by atoms with Gasteiger partial charge in [-0.15, -0.1) is 13.2 Å². The van der Waals surface area contributed by atoms with Gasteiger partial charge in [0.1, 0.15) is 11.5 Å². The predicted octanol–water partition coefficient (Wildman–Crippen LogP) is 5.74. The van der Waals surface area contributed by atoms with E-state index in [-0.39, 0.29) is 35.0 Å². The summed E-state index contributed by atoms with van der Waals surface area (Å²) >= 11 is 6.27. The van der Waals surface area contributed by atoms with Crippen molar-refractivity contribution in [1.82, 2.24) is 4.90 Å². The first-order valence-corrected chi connectivity index (χ1v) is 15.0. The largest absolute Gasteiger partial charge is 0.573 e. The lowest BCUT2D eigenvalue weighted by Gasteiger charge is -2.50. The lowest BCUT2D eigenvalue weighted by atomic mass is 9.49. The number of anilines is 1. The molecular formula is C34H26ClF3N2O6. The monoisotopic (exact) mass is 650 g/mol. The zero-order valence-electron chi connectivity index (χ0n) is 24.2. The molecule has 0 radical (unpaired) electrons. The number of phenolic OH excluding ortho intramolecular Hbond substituents is 1. The third kappa shape index (κ3) is 4.28. The summed E-state index contributed by atoms with van der Waals surface area (Å²) in [5.41, 5.74) is -0.745. The van der Waals surface area contributed by atoms with E-state index in [2.05, 4.69) is 4.74 Å². The first-order chi connectivity index (χ1) is 21.8. The summed E-state index contributed by atoms with van der Waals surface area (Å²) in [6, 6.07) is 17.7. The quantitative estimate of drug-likeness (QED) is 0.286. The van der Waals surface area contributed by atoms with Gasteiger partial charge in [0.2, 0.25) is 23.6 Å². The Hall–Kier alpha value is -4.64. The Kier molecular flexibility index (Phi) is 6.82. The zero-order chi connectivity index (χ0) is 32.7. The Morgan fingerprint density at radius 3 is 2.35 bits per heavy atom. The molecule has 3 aromatic rings. The summed E-state index contributed by atoms with van der Waals surface area (Å²) in [5.74, 6) is -7.72. The first-order valence-electron chi connectivity index (χ1n) is 14.6. The third-order valence-corrected chi connectivity index (χ3v) is 10.2. The number of carbonyl (C=O) groups is 4. The number of halogens is 4. The topological polar surface area (TPSA) is 104 Å². The van der Waals surface area contributed by atoms with Gasteiger partial charge in [0.15, 0.2) is 0 Å². The molecule has 0 aromatic heterocycles. The lowest BCUT2D eigenvalue weighted by Crippen LogP contribution is -2.53. The number of hydrogen-bond acceptors (Lipinski definition) is 6. The van der Waals surface area contributed by atoms with Crippen LogP contribution in [0.1, 0.15) is 29.9 Å². The molecule has 4 amide bonds. The molecule has 2 aliphatic heterocycles. The van der Waals surface area contributed by atoms with Gasteiger partial charge < -0.3 is 9.84 Å². The number of amides is 4. The SMILES string of the molecule is CN1C(=O)C2CC=C3C(CC4C(=O)N(c5cccc(Cl)c5)C(=O)C4(c4ccccc4)C3c3cc(OC(F)(F)F)ccc3O)C2C1=O. The minimum atomic E-state index is -5.05. The zero-order valence-corrected chi connectivity index (χ0v) is 25.0. The van der Waals surface area contributed by atoms with Gasteiger partial charge in [-0.1, -0.05) is 59.6 Å². The summed E-state index contributed by atoms with van der Waals surface area (Å²) in [6.07, 6.45) is -3.16. The Morgan fingerprint density at radius 2 is 1.65 bits per heavy atom. The maximum absolute atomic E-state index is 15.1. The van der Waals surface area contributed by atoms with Crippen molar-refractivity contribution in [2.24, 2.45) is 23.7 Å². The summed E-state index contributed by atoms with van der Waals surface area (Å²) in [7, 11) is 1.39. The summed E-state index contributed by atoms with van der Waals surface area (Å²) in [5, 5.41) is 11.6. The number of hydrogen-bond donors (Lipinski definition) is 1. The number of likely N-dealkylation sites (tertiary alicyclic amines) is 1. The molecule has 2 aliphatic carbocycles. The molecule has 12 heteroatoms. The van der Waals surface area contributed by atoms with E-state index in [1.807, 2.05) is 0 Å². The minimum Gasteiger partial charge on any atom is -0.508 e. The van der Waals surface area contributed by atoms with Crippen molar-refractivity contribution in [1.29, 1.82) is 0 Å². The van der Waals surface area contributed by atoms with Crippen molar-refractivity contribution in [3.05, 3.63) is 101 Å². The van der Waals surface area contributed by atoms with Crippen molar-refractivity contribution in [3.8, 4) is 11.5 Å². The summed E-state index contributed by atoms with van der Waals surface area (Å²) in [6.45, 7) is 0. The van der Waals surface area contributed by atoms with E-state index in [4.69, 9.17) is 11.6 Å². The van der Waals surface area contributed by atoms with Crippen LogP contribution in [0, 0.1) is 23.7 Å². The molecule has 8 nitrogen and oxygen atoms in total. The maximum atomic E-state index is 15.1. The standard InChI is InChI=1S/C34H26ClF3N2O6/c1-39-29(42)22-12-11-21-23(27(22)31(39)44)16-25-30(43)40(19-9-5-8-18(35)14-19)32(45)33(25,17-6-3-2-4-7-17)28(21)24-15-20(10-13-26(24)41)46-34(36,37)38/h2-11,13-15,22-23,25,27-28,41H,12,16H2,1H3. The predicted molar refractivity (Wildman–Crippen MR) is 159 cm³/mol. The van der Waals surface area contributed by atoms with Gasteiger partial charge in [-0.3, -0.25) is 24.1 Å². The van der Waals surface area contributed by atoms with Gasteiger partial charge in [0.25, 0.3) is 0 Å². The van der Waals surface area contributed by atoms with Crippen LogP contribution in [0.3, 0.4) is 0 Å². The van der Waals surface area contributed by atoms with Crippen LogP contribution < -0.4 is 9.64 Å². The van der Waals surface area contributed by atoms with Crippen molar-refractivity contribution in [3.63, 3.8) is 0 Å². The normalized spacial score (nSPS) is 29.0. The highest BCUT2D eigenvalue weighted by Crippen LogP contribution is 2.65. The van der Waals surface area contributed by atoms with Crippen LogP contribution in [0.5, 0.6) is 11.5 Å². The second-order valence-electron chi connectivity index (χ2n) is 12.1. The summed E-state index contributed by atoms with van der Waals surface area (Å²) < 4.78 is 44.4. The molecule has 2 saturated heterocycles. The molecule has 6 atom stereocenters. The van der Waals surface area contributed by atoms with Crippen LogP contribution in [0.15, 0.2) is 84.4 Å². The number of alkyl halides is 3. The number of fused-ring (bicyclic) bond motifs is 4. The number of aromatic hydroxyl groups is 1. The minimum absolute atomic E-state index is 0.00635. The molecule has 2 heterocycles. The molecule has 3 fully saturated rings. The fourth-order valence-corrected chi connectivity index (χ4v) is 8.39. The number of ether oxygens (including phenoxy) is 1. The van der Waals surface area contributed by atoms with Crippen LogP contribution in [0.4, 0.5) is 18.9 Å². The molecule has 0 spiro atoms. The van der Waals surface area contributed by atoms with E-state index in [0.717, 1.165) is 28.0 Å². The van der Waals surface area contributed by atoms with Gasteiger partial charge in [0.05, 0.1) is 28.9 Å². The fraction of sp³-hybridized carbons (Fsp3) is 0.294. The molecule has 46 heavy (non-hydrogen) atoms. The highest BCUT2D eigenvalue weighted by atomic mass is 35.5. The fourth-order valence-electron chi connectivity index (χ4n) is 8.21. The van der Waals surface area contributed by atoms with Gasteiger partial charge in [-0.2, -0.15) is 0 Å². The van der Waals surface area contributed by atoms with Crippen LogP contribution in [0.25, 0.3) is 0 Å². The molecule has 6 unspecified atom stereocenters. The molecule has 3 aromatic carbocycles. The van der Waals surface area contributed by atoms with E-state index in [1.165, 1.54) is 13.1 Å². The van der Waals surface area contributed by atoms with Crippen molar-refractivity contribution in [2.45, 2.75) is 30.5 Å². The number of rotatable bonds is 4. The second-order valence-corrected chi connectivity index (χ2v) is 12.5. The Labute approximate surface area is 266 Å². The molecule has 236 valence electrons. The maximum Gasteiger partial charge on any atom is 0.573 e. The van der Waals surface area contributed by atoms with Crippen LogP contribution in [-0.2, 0) is 24.6 Å². The van der Waals surface area contributed by atoms with E-state index >= 15 is 4.79 Å². The van der Waals surface area contributed by atoms with Crippen LogP contribution in [-0.4, -0.2) is 47.0 Å². The number of benzene rings is 3. The van der Waals surface area contributed by atoms with Gasteiger partial charge >= 0.3 is 6.36 Å². The Balaban J connectivity index is 1.53. The van der Waals surface area contributed by atoms with E-state index in [1.54, 1.807) is 54.6 Å². The van der Waals surface area contributed by atoms with E-state index in [9.17, 15) is 32.7 Å². The van der Waals surface area contributed by atoms with Gasteiger partial charge in [-0.25, -0.2) is 4.90 Å². The van der Waals surface area contributed by atoms with Crippen molar-refractivity contribution >= 4 is 40.9 Å². The molecule has 1 saturated carbocycles. The van der Waals surface area contributed by atoms with E-state index in [0.29, 0.717) is 11.1 Å². The number of carbonyl (C=O) groups excluding carboxylic acids is 4. The molecular weight excluding hydrogens is 625 g/mol. The Morgan fingerprint density at radius 1 is 0.913 bits per heavy atom. The second kappa shape index (κ2) is 10.4. The molecule has 4 aliphatic rings. The van der Waals surface area contributed by atoms with Gasteiger partial charge in [-0.05, 0) is 60.7 Å².